The molecule has 0 saturated heterocycles. The number of carboxylic acid groups (broad SMARTS) is 1. The van der Waals surface area contributed by atoms with Crippen LogP contribution in [-0.2, 0) is 9.59 Å². The number of nitro groups is 1. The van der Waals surface area contributed by atoms with E-state index in [2.05, 4.69) is 5.32 Å². The van der Waals surface area contributed by atoms with E-state index in [0.717, 1.165) is 19.1 Å². The van der Waals surface area contributed by atoms with Crippen LogP contribution in [0, 0.1) is 10.1 Å². The molecule has 0 saturated carbocycles. The van der Waals surface area contributed by atoms with Crippen molar-refractivity contribution in [2.75, 3.05) is 0 Å². The summed E-state index contributed by atoms with van der Waals surface area (Å²) in [5, 5.41) is 21.1. The Kier molecular flexibility index (Phi) is 3.60. The smallest absolute Gasteiger partial charge is 0.433 e. The van der Waals surface area contributed by atoms with Crippen LogP contribution in [0.4, 0.5) is 5.88 Å². The van der Waals surface area contributed by atoms with Gasteiger partial charge in [0, 0.05) is 13.0 Å². The van der Waals surface area contributed by atoms with Crippen molar-refractivity contribution in [3.8, 4) is 0 Å². The molecule has 0 atom stereocenters. The van der Waals surface area contributed by atoms with Crippen molar-refractivity contribution >= 4 is 23.8 Å². The van der Waals surface area contributed by atoms with E-state index in [-0.39, 0.29) is 5.76 Å². The number of rotatable bonds is 4. The van der Waals surface area contributed by atoms with E-state index >= 15 is 0 Å². The number of nitrogens with one attached hydrogen (secondary N) is 1. The largest absolute Gasteiger partial charge is 0.477 e. The van der Waals surface area contributed by atoms with Gasteiger partial charge in [-0.05, 0) is 6.07 Å². The molecule has 1 aromatic heterocycles. The third-order valence-electron chi connectivity index (χ3n) is 1.62. The summed E-state index contributed by atoms with van der Waals surface area (Å²) in [6.07, 6.45) is 0.983. The van der Waals surface area contributed by atoms with Gasteiger partial charge < -0.3 is 14.8 Å². The summed E-state index contributed by atoms with van der Waals surface area (Å²) in [6.45, 7) is 1.14. The van der Waals surface area contributed by atoms with Crippen LogP contribution in [0.15, 0.2) is 22.2 Å². The first-order valence-electron chi connectivity index (χ1n) is 4.37. The number of carboxylic acids is 1. The average molecular weight is 240 g/mol. The zero-order valence-corrected chi connectivity index (χ0v) is 8.67. The van der Waals surface area contributed by atoms with E-state index in [1.165, 1.54) is 6.07 Å². The summed E-state index contributed by atoms with van der Waals surface area (Å²) in [5.41, 5.74) is -0.429. The second-order valence-electron chi connectivity index (χ2n) is 2.98. The summed E-state index contributed by atoms with van der Waals surface area (Å²) in [6, 6.07) is 2.31. The van der Waals surface area contributed by atoms with Crippen molar-refractivity contribution in [3.05, 3.63) is 33.7 Å². The van der Waals surface area contributed by atoms with Crippen molar-refractivity contribution in [1.82, 2.24) is 5.32 Å². The Labute approximate surface area is 94.7 Å². The molecule has 0 aliphatic heterocycles. The fraction of sp³-hybridized carbons (Fsp3) is 0.111. The maximum atomic E-state index is 10.7. The Balaban J connectivity index is 3.00. The van der Waals surface area contributed by atoms with Crippen molar-refractivity contribution in [2.45, 2.75) is 6.92 Å². The standard InChI is InChI=1S/C9H8N2O6/c1-5(12)10-7(9(13)14)4-6-2-3-8(17-6)11(15)16/h2-4H,1H3,(H,10,12)(H,13,14)/b7-4+. The maximum Gasteiger partial charge on any atom is 0.433 e. The molecule has 1 aromatic rings. The highest BCUT2D eigenvalue weighted by Crippen LogP contribution is 2.17. The molecule has 17 heavy (non-hydrogen) atoms. The summed E-state index contributed by atoms with van der Waals surface area (Å²) >= 11 is 0. The van der Waals surface area contributed by atoms with Gasteiger partial charge in [-0.15, -0.1) is 0 Å². The van der Waals surface area contributed by atoms with Crippen molar-refractivity contribution in [1.29, 1.82) is 0 Å². The molecule has 0 aliphatic rings. The first kappa shape index (κ1) is 12.4. The first-order valence-corrected chi connectivity index (χ1v) is 4.37. The van der Waals surface area contributed by atoms with Crippen LogP contribution in [0.1, 0.15) is 12.7 Å². The normalized spacial score (nSPS) is 11.0. The molecule has 1 amide bonds. The molecule has 8 heteroatoms. The summed E-state index contributed by atoms with van der Waals surface area (Å²) < 4.78 is 4.72. The van der Waals surface area contributed by atoms with Crippen LogP contribution in [0.2, 0.25) is 0 Å². The van der Waals surface area contributed by atoms with Crippen LogP contribution >= 0.6 is 0 Å². The first-order chi connectivity index (χ1) is 7.90. The third kappa shape index (κ3) is 3.45. The van der Waals surface area contributed by atoms with Crippen LogP contribution in [0.3, 0.4) is 0 Å². The zero-order chi connectivity index (χ0) is 13.0. The molecule has 90 valence electrons. The maximum absolute atomic E-state index is 10.7. The van der Waals surface area contributed by atoms with Gasteiger partial charge in [0.2, 0.25) is 5.91 Å². The van der Waals surface area contributed by atoms with E-state index in [4.69, 9.17) is 9.52 Å². The Bertz CT molecular complexity index is 501. The summed E-state index contributed by atoms with van der Waals surface area (Å²) in [7, 11) is 0. The molecule has 0 bridgehead atoms. The quantitative estimate of drug-likeness (QED) is 0.454. The van der Waals surface area contributed by atoms with E-state index in [0.29, 0.717) is 0 Å². The Hall–Kier alpha value is -2.64. The molecule has 0 fully saturated rings. The highest BCUT2D eigenvalue weighted by Gasteiger charge is 2.14. The lowest BCUT2D eigenvalue weighted by Crippen LogP contribution is -2.24. The second-order valence-corrected chi connectivity index (χ2v) is 2.98. The number of nitrogens with zero attached hydrogens (tertiary/aromatic N) is 1. The van der Waals surface area contributed by atoms with Crippen LogP contribution < -0.4 is 5.32 Å². The van der Waals surface area contributed by atoms with Gasteiger partial charge in [0.1, 0.15) is 16.4 Å². The summed E-state index contributed by atoms with van der Waals surface area (Å²) in [5.74, 6) is -2.49. The molecule has 0 aliphatic carbocycles. The highest BCUT2D eigenvalue weighted by molar-refractivity contribution is 5.96. The SMILES string of the molecule is CC(=O)N/C(=C/c1ccc([N+](=O)[O-])o1)C(=O)O. The number of furan rings is 1. The highest BCUT2D eigenvalue weighted by atomic mass is 16.6. The molecule has 1 heterocycles. The van der Waals surface area contributed by atoms with Gasteiger partial charge in [0.05, 0.1) is 6.07 Å². The molecule has 0 radical (unpaired) electrons. The van der Waals surface area contributed by atoms with E-state index in [9.17, 15) is 19.7 Å². The van der Waals surface area contributed by atoms with Crippen LogP contribution in [0.25, 0.3) is 6.08 Å². The number of carbonyl (C=O) groups excluding carboxylic acids is 1. The van der Waals surface area contributed by atoms with Gasteiger partial charge in [-0.2, -0.15) is 0 Å². The van der Waals surface area contributed by atoms with Gasteiger partial charge in [0.25, 0.3) is 0 Å². The number of amides is 1. The van der Waals surface area contributed by atoms with Crippen LogP contribution in [0.5, 0.6) is 0 Å². The van der Waals surface area contributed by atoms with Gasteiger partial charge >= 0.3 is 11.9 Å². The van der Waals surface area contributed by atoms with Crippen LogP contribution in [-0.4, -0.2) is 21.9 Å². The Morgan fingerprint density at radius 3 is 2.59 bits per heavy atom. The van der Waals surface area contributed by atoms with E-state index < -0.39 is 28.4 Å². The number of hydrogen-bond donors (Lipinski definition) is 2. The zero-order valence-electron chi connectivity index (χ0n) is 8.67. The van der Waals surface area contributed by atoms with Crippen molar-refractivity contribution in [2.24, 2.45) is 0 Å². The molecule has 8 nitrogen and oxygen atoms in total. The molecular formula is C9H8N2O6. The molecule has 1 rings (SSSR count). The van der Waals surface area contributed by atoms with E-state index in [1.54, 1.807) is 0 Å². The summed E-state index contributed by atoms with van der Waals surface area (Å²) in [4.78, 5) is 31.0. The molecule has 0 aromatic carbocycles. The van der Waals surface area contributed by atoms with Gasteiger partial charge in [-0.1, -0.05) is 0 Å². The van der Waals surface area contributed by atoms with Crippen molar-refractivity contribution in [3.63, 3.8) is 0 Å². The Morgan fingerprint density at radius 1 is 1.53 bits per heavy atom. The molecular weight excluding hydrogens is 232 g/mol. The minimum Gasteiger partial charge on any atom is -0.477 e. The van der Waals surface area contributed by atoms with Gasteiger partial charge in [-0.3, -0.25) is 14.9 Å². The molecule has 2 N–H and O–H groups in total. The fourth-order valence-electron chi connectivity index (χ4n) is 1.00. The molecule has 0 unspecified atom stereocenters. The van der Waals surface area contributed by atoms with Gasteiger partial charge in [0.15, 0.2) is 0 Å². The number of carbonyl (C=O) groups is 2. The van der Waals surface area contributed by atoms with Crippen molar-refractivity contribution < 1.29 is 24.0 Å². The lowest BCUT2D eigenvalue weighted by atomic mass is 10.3. The minimum atomic E-state index is -1.38. The Morgan fingerprint density at radius 2 is 2.18 bits per heavy atom. The average Bonchev–Trinajstić information content (AvgIpc) is 2.64. The minimum absolute atomic E-state index is 0.0390. The number of aliphatic carboxylic acids is 1. The topological polar surface area (TPSA) is 123 Å². The molecule has 0 spiro atoms. The van der Waals surface area contributed by atoms with E-state index in [1.807, 2.05) is 0 Å². The third-order valence-corrected chi connectivity index (χ3v) is 1.62. The monoisotopic (exact) mass is 240 g/mol. The lowest BCUT2D eigenvalue weighted by Gasteiger charge is -2.00. The predicted molar refractivity (Wildman–Crippen MR) is 54.8 cm³/mol. The van der Waals surface area contributed by atoms with Gasteiger partial charge in [-0.25, -0.2) is 4.79 Å². The lowest BCUT2D eigenvalue weighted by molar-refractivity contribution is -0.402. The predicted octanol–water partition coefficient (Wildman–Crippen LogP) is 0.749. The fourth-order valence-corrected chi connectivity index (χ4v) is 1.00. The number of hydrogen-bond acceptors (Lipinski definition) is 5. The second kappa shape index (κ2) is 4.92.